The Morgan fingerprint density at radius 3 is 2.58 bits per heavy atom. The van der Waals surface area contributed by atoms with Crippen molar-refractivity contribution >= 4 is 5.91 Å². The number of hydrogen-bond donors (Lipinski definition) is 1. The van der Waals surface area contributed by atoms with Gasteiger partial charge in [0.2, 0.25) is 5.91 Å². The second kappa shape index (κ2) is 8.37. The van der Waals surface area contributed by atoms with E-state index in [0.29, 0.717) is 38.2 Å². The normalized spacial score (nSPS) is 16.8. The van der Waals surface area contributed by atoms with Crippen LogP contribution in [0.3, 0.4) is 0 Å². The molecule has 0 aromatic heterocycles. The Morgan fingerprint density at radius 1 is 1.29 bits per heavy atom. The number of carbonyl (C=O) groups is 1. The Balaban J connectivity index is 1.72. The number of nitrogens with zero attached hydrogens (tertiary/aromatic N) is 1. The summed E-state index contributed by atoms with van der Waals surface area (Å²) in [6, 6.07) is 7.43. The minimum absolute atomic E-state index is 0.129. The van der Waals surface area contributed by atoms with Gasteiger partial charge in [-0.15, -0.1) is 0 Å². The zero-order valence-corrected chi connectivity index (χ0v) is 13.7. The van der Waals surface area contributed by atoms with Crippen LogP contribution in [0.2, 0.25) is 0 Å². The van der Waals surface area contributed by atoms with Gasteiger partial charge in [0.15, 0.2) is 0 Å². The second-order valence-electron chi connectivity index (χ2n) is 6.13. The van der Waals surface area contributed by atoms with Crippen LogP contribution in [0.15, 0.2) is 24.3 Å². The smallest absolute Gasteiger partial charge is 0.389 e. The predicted octanol–water partition coefficient (Wildman–Crippen LogP) is 2.98. The summed E-state index contributed by atoms with van der Waals surface area (Å²) in [6.07, 6.45) is -3.85. The van der Waals surface area contributed by atoms with E-state index in [9.17, 15) is 18.0 Å². The molecule has 1 aromatic rings. The average Bonchev–Trinajstić information content (AvgIpc) is 2.53. The fourth-order valence-corrected chi connectivity index (χ4v) is 2.98. The molecule has 0 radical (unpaired) electrons. The first-order valence-electron chi connectivity index (χ1n) is 8.05. The second-order valence-corrected chi connectivity index (χ2v) is 6.13. The predicted molar refractivity (Wildman–Crippen MR) is 84.7 cm³/mol. The molecule has 4 nitrogen and oxygen atoms in total. The molecule has 1 heterocycles. The van der Waals surface area contributed by atoms with Crippen molar-refractivity contribution in [2.24, 2.45) is 5.92 Å². The summed E-state index contributed by atoms with van der Waals surface area (Å²) in [4.78, 5) is 13.9. The molecule has 0 atom stereocenters. The standard InChI is InChI=1S/C17H23F3N2O2/c1-24-15-5-3-2-4-14(15)11-21-16(23)12-22-8-6-13(7-9-22)10-17(18,19)20/h2-5,13H,6-12H2,1H3,(H,21,23). The first-order valence-corrected chi connectivity index (χ1v) is 8.05. The molecule has 1 saturated heterocycles. The van der Waals surface area contributed by atoms with Crippen LogP contribution in [0.25, 0.3) is 0 Å². The van der Waals surface area contributed by atoms with E-state index >= 15 is 0 Å². The van der Waals surface area contributed by atoms with Gasteiger partial charge in [0, 0.05) is 18.5 Å². The molecule has 0 unspecified atom stereocenters. The number of benzene rings is 1. The lowest BCUT2D eigenvalue weighted by Gasteiger charge is -2.31. The van der Waals surface area contributed by atoms with Crippen molar-refractivity contribution < 1.29 is 22.7 Å². The quantitative estimate of drug-likeness (QED) is 0.863. The van der Waals surface area contributed by atoms with Gasteiger partial charge in [0.25, 0.3) is 0 Å². The zero-order valence-electron chi connectivity index (χ0n) is 13.7. The number of alkyl halides is 3. The summed E-state index contributed by atoms with van der Waals surface area (Å²) in [5.74, 6) is 0.263. The van der Waals surface area contributed by atoms with Crippen LogP contribution in [-0.2, 0) is 11.3 Å². The lowest BCUT2D eigenvalue weighted by Crippen LogP contribution is -2.41. The van der Waals surface area contributed by atoms with Gasteiger partial charge in [-0.2, -0.15) is 13.2 Å². The highest BCUT2D eigenvalue weighted by Gasteiger charge is 2.33. The number of likely N-dealkylation sites (tertiary alicyclic amines) is 1. The van der Waals surface area contributed by atoms with Gasteiger partial charge >= 0.3 is 6.18 Å². The van der Waals surface area contributed by atoms with Crippen molar-refractivity contribution in [3.8, 4) is 5.75 Å². The largest absolute Gasteiger partial charge is 0.496 e. The molecule has 1 fully saturated rings. The van der Waals surface area contributed by atoms with E-state index in [-0.39, 0.29) is 18.4 Å². The lowest BCUT2D eigenvalue weighted by molar-refractivity contribution is -0.148. The van der Waals surface area contributed by atoms with E-state index in [4.69, 9.17) is 4.74 Å². The monoisotopic (exact) mass is 344 g/mol. The number of carbonyl (C=O) groups excluding carboxylic acids is 1. The number of hydrogen-bond acceptors (Lipinski definition) is 3. The molecule has 0 aliphatic carbocycles. The van der Waals surface area contributed by atoms with Gasteiger partial charge in [0.1, 0.15) is 5.75 Å². The number of methoxy groups -OCH3 is 1. The van der Waals surface area contributed by atoms with Crippen LogP contribution < -0.4 is 10.1 Å². The van der Waals surface area contributed by atoms with Crippen molar-refractivity contribution in [2.75, 3.05) is 26.7 Å². The van der Waals surface area contributed by atoms with Gasteiger partial charge in [-0.05, 0) is 37.9 Å². The third-order valence-corrected chi connectivity index (χ3v) is 4.26. The number of rotatable bonds is 6. The third kappa shape index (κ3) is 6.03. The lowest BCUT2D eigenvalue weighted by atomic mass is 9.93. The van der Waals surface area contributed by atoms with Gasteiger partial charge in [0.05, 0.1) is 13.7 Å². The van der Waals surface area contributed by atoms with Gasteiger partial charge < -0.3 is 10.1 Å². The third-order valence-electron chi connectivity index (χ3n) is 4.26. The summed E-state index contributed by atoms with van der Waals surface area (Å²) in [5, 5.41) is 2.83. The highest BCUT2D eigenvalue weighted by Crippen LogP contribution is 2.30. The van der Waals surface area contributed by atoms with Gasteiger partial charge in [-0.1, -0.05) is 18.2 Å². The SMILES string of the molecule is COc1ccccc1CNC(=O)CN1CCC(CC(F)(F)F)CC1. The van der Waals surface area contributed by atoms with Crippen molar-refractivity contribution in [3.05, 3.63) is 29.8 Å². The van der Waals surface area contributed by atoms with E-state index in [1.807, 2.05) is 29.2 Å². The van der Waals surface area contributed by atoms with Crippen LogP contribution in [0.1, 0.15) is 24.8 Å². The molecule has 1 N–H and O–H groups in total. The Kier molecular flexibility index (Phi) is 6.48. The minimum atomic E-state index is -4.10. The number of para-hydroxylation sites is 1. The van der Waals surface area contributed by atoms with Crippen LogP contribution in [0, 0.1) is 5.92 Å². The zero-order chi connectivity index (χ0) is 17.6. The number of ether oxygens (including phenoxy) is 1. The first kappa shape index (κ1) is 18.6. The summed E-state index contributed by atoms with van der Waals surface area (Å²) >= 11 is 0. The Morgan fingerprint density at radius 2 is 1.96 bits per heavy atom. The van der Waals surface area contributed by atoms with Crippen molar-refractivity contribution in [1.82, 2.24) is 10.2 Å². The maximum Gasteiger partial charge on any atom is 0.389 e. The van der Waals surface area contributed by atoms with Crippen LogP contribution in [0.4, 0.5) is 13.2 Å². The van der Waals surface area contributed by atoms with Crippen molar-refractivity contribution in [2.45, 2.75) is 32.0 Å². The Hall–Kier alpha value is -1.76. The first-order chi connectivity index (χ1) is 11.4. The fourth-order valence-electron chi connectivity index (χ4n) is 2.98. The summed E-state index contributed by atoms with van der Waals surface area (Å²) < 4.78 is 42.4. The summed E-state index contributed by atoms with van der Waals surface area (Å²) in [6.45, 7) is 1.65. The molecule has 0 spiro atoms. The summed E-state index contributed by atoms with van der Waals surface area (Å²) in [5.41, 5.74) is 0.886. The van der Waals surface area contributed by atoms with Crippen LogP contribution in [-0.4, -0.2) is 43.7 Å². The highest BCUT2D eigenvalue weighted by atomic mass is 19.4. The van der Waals surface area contributed by atoms with Crippen molar-refractivity contribution in [3.63, 3.8) is 0 Å². The van der Waals surface area contributed by atoms with Crippen molar-refractivity contribution in [1.29, 1.82) is 0 Å². The Labute approximate surface area is 140 Å². The molecule has 1 aliphatic rings. The van der Waals surface area contributed by atoms with Gasteiger partial charge in [-0.3, -0.25) is 9.69 Å². The number of nitrogens with one attached hydrogen (secondary N) is 1. The maximum absolute atomic E-state index is 12.4. The molecule has 1 amide bonds. The molecule has 1 aromatic carbocycles. The molecule has 24 heavy (non-hydrogen) atoms. The van der Waals surface area contributed by atoms with Crippen LogP contribution in [0.5, 0.6) is 5.75 Å². The summed E-state index contributed by atoms with van der Waals surface area (Å²) in [7, 11) is 1.58. The molecule has 0 bridgehead atoms. The number of halogens is 3. The molecule has 2 rings (SSSR count). The van der Waals surface area contributed by atoms with Crippen LogP contribution >= 0.6 is 0 Å². The topological polar surface area (TPSA) is 41.6 Å². The average molecular weight is 344 g/mol. The molecule has 134 valence electrons. The number of piperidine rings is 1. The molecule has 0 saturated carbocycles. The number of amides is 1. The molecule has 7 heteroatoms. The molecule has 1 aliphatic heterocycles. The van der Waals surface area contributed by atoms with E-state index in [2.05, 4.69) is 5.32 Å². The van der Waals surface area contributed by atoms with E-state index < -0.39 is 12.6 Å². The van der Waals surface area contributed by atoms with E-state index in [1.54, 1.807) is 7.11 Å². The van der Waals surface area contributed by atoms with Gasteiger partial charge in [-0.25, -0.2) is 0 Å². The van der Waals surface area contributed by atoms with E-state index in [0.717, 1.165) is 5.56 Å². The Bertz CT molecular complexity index is 541. The fraction of sp³-hybridized carbons (Fsp3) is 0.588. The maximum atomic E-state index is 12.4. The minimum Gasteiger partial charge on any atom is -0.496 e. The van der Waals surface area contributed by atoms with E-state index in [1.165, 1.54) is 0 Å². The molecular weight excluding hydrogens is 321 g/mol. The molecular formula is C17H23F3N2O2. The highest BCUT2D eigenvalue weighted by molar-refractivity contribution is 5.78.